The molecule has 1 aliphatic carbocycles. The van der Waals surface area contributed by atoms with Gasteiger partial charge in [-0.15, -0.1) is 0 Å². The van der Waals surface area contributed by atoms with E-state index in [0.717, 1.165) is 16.7 Å². The van der Waals surface area contributed by atoms with Crippen LogP contribution in [0, 0.1) is 5.82 Å². The predicted molar refractivity (Wildman–Crippen MR) is 117 cm³/mol. The van der Waals surface area contributed by atoms with Gasteiger partial charge >= 0.3 is 0 Å². The van der Waals surface area contributed by atoms with Gasteiger partial charge in [0.25, 0.3) is 0 Å². The van der Waals surface area contributed by atoms with Crippen LogP contribution in [0.5, 0.6) is 0 Å². The highest BCUT2D eigenvalue weighted by molar-refractivity contribution is 6.26. The highest BCUT2D eigenvalue weighted by Crippen LogP contribution is 2.43. The zero-order valence-electron chi connectivity index (χ0n) is 16.7. The molecule has 0 bridgehead atoms. The summed E-state index contributed by atoms with van der Waals surface area (Å²) in [5, 5.41) is 0. The van der Waals surface area contributed by atoms with Crippen molar-refractivity contribution in [3.8, 4) is 0 Å². The summed E-state index contributed by atoms with van der Waals surface area (Å²) in [6.45, 7) is 1.50. The maximum atomic E-state index is 13.6. The minimum absolute atomic E-state index is 0.0946. The molecule has 0 saturated carbocycles. The van der Waals surface area contributed by atoms with Crippen LogP contribution in [0.3, 0.4) is 0 Å². The average molecular weight is 396 g/mol. The number of hydrogen-bond donors (Lipinski definition) is 0. The predicted octanol–water partition coefficient (Wildman–Crippen LogP) is 6.30. The van der Waals surface area contributed by atoms with Gasteiger partial charge in [-0.3, -0.25) is 9.59 Å². The van der Waals surface area contributed by atoms with E-state index in [2.05, 4.69) is 0 Å². The first-order valence-electron chi connectivity index (χ1n) is 9.95. The molecule has 0 radical (unpaired) electrons. The Balaban J connectivity index is 1.97. The van der Waals surface area contributed by atoms with Crippen molar-refractivity contribution in [2.45, 2.75) is 19.8 Å². The van der Waals surface area contributed by atoms with Crippen LogP contribution in [0.2, 0.25) is 0 Å². The molecule has 0 aromatic heterocycles. The molecule has 0 spiro atoms. The minimum atomic E-state index is -0.362. The molecule has 3 aromatic carbocycles. The zero-order chi connectivity index (χ0) is 21.1. The molecule has 0 heterocycles. The largest absolute Gasteiger partial charge is 0.294 e. The lowest BCUT2D eigenvalue weighted by Gasteiger charge is -2.14. The molecule has 0 unspecified atom stereocenters. The van der Waals surface area contributed by atoms with Gasteiger partial charge in [0.2, 0.25) is 0 Å². The van der Waals surface area contributed by atoms with Crippen molar-refractivity contribution in [1.29, 1.82) is 0 Å². The second-order valence-corrected chi connectivity index (χ2v) is 7.33. The standard InChI is InChI=1S/C27H21FO2/c1-18(29)25(20-12-14-22(28)15-13-20)24-17-16-23(19-8-4-2-5-9-19)26(24)27(30)21-10-6-3-7-11-21/h2-15H,16-17H2,1H3/b25-24+. The van der Waals surface area contributed by atoms with Crippen LogP contribution in [0.4, 0.5) is 4.39 Å². The van der Waals surface area contributed by atoms with E-state index in [1.807, 2.05) is 48.5 Å². The summed E-state index contributed by atoms with van der Waals surface area (Å²) in [5.74, 6) is -0.591. The fourth-order valence-corrected chi connectivity index (χ4v) is 4.07. The number of ketones is 2. The summed E-state index contributed by atoms with van der Waals surface area (Å²) >= 11 is 0. The Morgan fingerprint density at radius 2 is 1.33 bits per heavy atom. The zero-order valence-corrected chi connectivity index (χ0v) is 16.7. The number of Topliss-reactive ketones (excluding diaryl/α,β-unsaturated/α-hetero) is 2. The smallest absolute Gasteiger partial charge is 0.193 e. The van der Waals surface area contributed by atoms with Crippen LogP contribution >= 0.6 is 0 Å². The second kappa shape index (κ2) is 8.42. The van der Waals surface area contributed by atoms with Crippen molar-refractivity contribution in [3.05, 3.63) is 119 Å². The van der Waals surface area contributed by atoms with Gasteiger partial charge in [-0.25, -0.2) is 4.39 Å². The lowest BCUT2D eigenvalue weighted by molar-refractivity contribution is -0.111. The Kier molecular flexibility index (Phi) is 5.53. The number of allylic oxidation sites excluding steroid dienone is 4. The molecule has 3 aromatic rings. The van der Waals surface area contributed by atoms with Gasteiger partial charge in [0, 0.05) is 16.7 Å². The molecule has 0 aliphatic heterocycles. The van der Waals surface area contributed by atoms with E-state index in [1.54, 1.807) is 24.3 Å². The van der Waals surface area contributed by atoms with Crippen LogP contribution in [-0.4, -0.2) is 11.6 Å². The Bertz CT molecular complexity index is 1150. The Hall–Kier alpha value is -3.59. The molecule has 4 rings (SSSR count). The van der Waals surface area contributed by atoms with Crippen molar-refractivity contribution < 1.29 is 14.0 Å². The summed E-state index contributed by atoms with van der Waals surface area (Å²) < 4.78 is 13.5. The molecule has 0 fully saturated rings. The highest BCUT2D eigenvalue weighted by atomic mass is 19.1. The van der Waals surface area contributed by atoms with E-state index in [0.29, 0.717) is 35.1 Å². The molecule has 1 aliphatic rings. The molecular weight excluding hydrogens is 375 g/mol. The van der Waals surface area contributed by atoms with Gasteiger partial charge in [-0.2, -0.15) is 0 Å². The van der Waals surface area contributed by atoms with Gasteiger partial charge in [-0.05, 0) is 54.2 Å². The molecule has 30 heavy (non-hydrogen) atoms. The third kappa shape index (κ3) is 3.79. The summed E-state index contributed by atoms with van der Waals surface area (Å²) in [4.78, 5) is 26.3. The Morgan fingerprint density at radius 1 is 0.733 bits per heavy atom. The van der Waals surface area contributed by atoms with Crippen molar-refractivity contribution in [2.24, 2.45) is 0 Å². The third-order valence-electron chi connectivity index (χ3n) is 5.40. The topological polar surface area (TPSA) is 34.1 Å². The number of carbonyl (C=O) groups excluding carboxylic acids is 2. The third-order valence-corrected chi connectivity index (χ3v) is 5.40. The first-order chi connectivity index (χ1) is 14.6. The Morgan fingerprint density at radius 3 is 1.93 bits per heavy atom. The minimum Gasteiger partial charge on any atom is -0.294 e. The number of benzene rings is 3. The van der Waals surface area contributed by atoms with Gasteiger partial charge in [0.15, 0.2) is 11.6 Å². The van der Waals surface area contributed by atoms with E-state index in [9.17, 15) is 14.0 Å². The summed E-state index contributed by atoms with van der Waals surface area (Å²) in [5.41, 5.74) is 4.95. The van der Waals surface area contributed by atoms with Crippen molar-refractivity contribution >= 4 is 22.7 Å². The van der Waals surface area contributed by atoms with E-state index < -0.39 is 0 Å². The molecule has 148 valence electrons. The average Bonchev–Trinajstić information content (AvgIpc) is 3.20. The van der Waals surface area contributed by atoms with Crippen LogP contribution in [0.25, 0.3) is 11.1 Å². The quantitative estimate of drug-likeness (QED) is 0.375. The summed E-state index contributed by atoms with van der Waals surface area (Å²) in [6, 6.07) is 24.8. The molecule has 3 heteroatoms. The first-order valence-corrected chi connectivity index (χ1v) is 9.95. The second-order valence-electron chi connectivity index (χ2n) is 7.33. The van der Waals surface area contributed by atoms with Crippen molar-refractivity contribution in [1.82, 2.24) is 0 Å². The monoisotopic (exact) mass is 396 g/mol. The van der Waals surface area contributed by atoms with E-state index in [-0.39, 0.29) is 17.4 Å². The number of rotatable bonds is 5. The van der Waals surface area contributed by atoms with E-state index in [1.165, 1.54) is 19.1 Å². The molecule has 0 saturated heterocycles. The number of halogens is 1. The summed E-state index contributed by atoms with van der Waals surface area (Å²) in [6.07, 6.45) is 1.26. The highest BCUT2D eigenvalue weighted by Gasteiger charge is 2.31. The van der Waals surface area contributed by atoms with Crippen LogP contribution in [-0.2, 0) is 4.79 Å². The van der Waals surface area contributed by atoms with E-state index >= 15 is 0 Å². The van der Waals surface area contributed by atoms with Gasteiger partial charge in [0.05, 0.1) is 0 Å². The SMILES string of the molecule is CC(=O)/C(=C1/CCC(c2ccccc2)=C1C(=O)c1ccccc1)c1ccc(F)cc1. The Labute approximate surface area is 175 Å². The van der Waals surface area contributed by atoms with Gasteiger partial charge in [-0.1, -0.05) is 72.8 Å². The van der Waals surface area contributed by atoms with Crippen molar-refractivity contribution in [3.63, 3.8) is 0 Å². The lowest BCUT2D eigenvalue weighted by Crippen LogP contribution is -2.09. The first kappa shape index (κ1) is 19.7. The van der Waals surface area contributed by atoms with Gasteiger partial charge < -0.3 is 0 Å². The molecule has 0 N–H and O–H groups in total. The number of carbonyl (C=O) groups is 2. The fraction of sp³-hybridized carbons (Fsp3) is 0.111. The molecule has 2 nitrogen and oxygen atoms in total. The van der Waals surface area contributed by atoms with E-state index in [4.69, 9.17) is 0 Å². The normalized spacial score (nSPS) is 15.3. The number of hydrogen-bond acceptors (Lipinski definition) is 2. The fourth-order valence-electron chi connectivity index (χ4n) is 4.07. The molecule has 0 atom stereocenters. The maximum Gasteiger partial charge on any atom is 0.193 e. The summed E-state index contributed by atoms with van der Waals surface area (Å²) in [7, 11) is 0. The van der Waals surface area contributed by atoms with Crippen LogP contribution in [0.15, 0.2) is 96.1 Å². The molecule has 0 amide bonds. The van der Waals surface area contributed by atoms with Crippen molar-refractivity contribution in [2.75, 3.05) is 0 Å². The molecular formula is C27H21FO2. The van der Waals surface area contributed by atoms with Gasteiger partial charge in [0.1, 0.15) is 5.82 Å². The maximum absolute atomic E-state index is 13.6. The van der Waals surface area contributed by atoms with Crippen LogP contribution in [0.1, 0.15) is 41.3 Å². The van der Waals surface area contributed by atoms with Crippen LogP contribution < -0.4 is 0 Å². The lowest BCUT2D eigenvalue weighted by atomic mass is 9.88.